The molecule has 0 radical (unpaired) electrons. The zero-order valence-electron chi connectivity index (χ0n) is 8.86. The Morgan fingerprint density at radius 1 is 1.50 bits per heavy atom. The van der Waals surface area contributed by atoms with E-state index in [1.54, 1.807) is 6.07 Å². The predicted molar refractivity (Wildman–Crippen MR) is 66.0 cm³/mol. The van der Waals surface area contributed by atoms with Crippen LogP contribution in [0.15, 0.2) is 10.7 Å². The highest BCUT2D eigenvalue weighted by Crippen LogP contribution is 2.25. The lowest BCUT2D eigenvalue weighted by atomic mass is 10.1. The van der Waals surface area contributed by atoms with E-state index in [0.29, 0.717) is 22.3 Å². The number of halogens is 1. The summed E-state index contributed by atoms with van der Waals surface area (Å²) in [7, 11) is 0. The number of hydrogen-bond acceptors (Lipinski definition) is 5. The van der Waals surface area contributed by atoms with Crippen LogP contribution in [0.3, 0.4) is 0 Å². The van der Waals surface area contributed by atoms with E-state index in [1.165, 1.54) is 0 Å². The Hall–Kier alpha value is -0.880. The molecule has 1 heterocycles. The maximum Gasteiger partial charge on any atom is 0.225 e. The Balaban J connectivity index is 1.89. The van der Waals surface area contributed by atoms with Gasteiger partial charge >= 0.3 is 0 Å². The van der Waals surface area contributed by atoms with Crippen molar-refractivity contribution < 1.29 is 5.11 Å². The van der Waals surface area contributed by atoms with E-state index in [1.807, 2.05) is 0 Å². The van der Waals surface area contributed by atoms with Gasteiger partial charge in [-0.2, -0.15) is 4.98 Å². The molecule has 2 unspecified atom stereocenters. The fourth-order valence-electron chi connectivity index (χ4n) is 1.98. The van der Waals surface area contributed by atoms with Crippen molar-refractivity contribution in [2.75, 3.05) is 17.6 Å². The van der Waals surface area contributed by atoms with Crippen LogP contribution in [0.1, 0.15) is 19.3 Å². The number of hydrogen-bond donors (Lipinski definition) is 3. The Labute approximate surface area is 103 Å². The number of aromatic nitrogens is 2. The fourth-order valence-corrected chi connectivity index (χ4v) is 2.39. The van der Waals surface area contributed by atoms with Gasteiger partial charge in [-0.1, -0.05) is 0 Å². The van der Waals surface area contributed by atoms with Crippen LogP contribution in [-0.2, 0) is 0 Å². The zero-order chi connectivity index (χ0) is 11.5. The second-order valence-electron chi connectivity index (χ2n) is 4.15. The molecule has 4 N–H and O–H groups in total. The van der Waals surface area contributed by atoms with E-state index in [9.17, 15) is 5.11 Å². The highest BCUT2D eigenvalue weighted by molar-refractivity contribution is 9.10. The van der Waals surface area contributed by atoms with Gasteiger partial charge in [-0.3, -0.25) is 0 Å². The first kappa shape index (κ1) is 11.6. The first-order valence-electron chi connectivity index (χ1n) is 5.35. The van der Waals surface area contributed by atoms with E-state index < -0.39 is 0 Å². The van der Waals surface area contributed by atoms with Gasteiger partial charge < -0.3 is 16.2 Å². The molecular weight excluding hydrogens is 272 g/mol. The minimum Gasteiger partial charge on any atom is -0.393 e. The lowest BCUT2D eigenvalue weighted by Crippen LogP contribution is -2.14. The second-order valence-corrected chi connectivity index (χ2v) is 4.97. The summed E-state index contributed by atoms with van der Waals surface area (Å²) in [5.74, 6) is 1.47. The number of nitrogens with two attached hydrogens (primary N) is 1. The Kier molecular flexibility index (Phi) is 3.60. The van der Waals surface area contributed by atoms with Crippen LogP contribution in [0.2, 0.25) is 0 Å². The molecule has 16 heavy (non-hydrogen) atoms. The molecule has 2 rings (SSSR count). The maximum absolute atomic E-state index is 9.40. The first-order valence-corrected chi connectivity index (χ1v) is 6.15. The molecular formula is C10H15BrN4O. The Bertz CT molecular complexity index is 354. The van der Waals surface area contributed by atoms with E-state index in [-0.39, 0.29) is 6.10 Å². The number of aliphatic hydroxyl groups excluding tert-OH is 1. The molecule has 1 aliphatic rings. The third-order valence-corrected chi connectivity index (χ3v) is 3.18. The number of nitrogens with one attached hydrogen (secondary N) is 1. The van der Waals surface area contributed by atoms with Gasteiger partial charge in [-0.05, 0) is 41.1 Å². The summed E-state index contributed by atoms with van der Waals surface area (Å²) in [6.45, 7) is 0.785. The van der Waals surface area contributed by atoms with E-state index in [0.717, 1.165) is 25.8 Å². The van der Waals surface area contributed by atoms with E-state index in [2.05, 4.69) is 31.2 Å². The van der Waals surface area contributed by atoms with Gasteiger partial charge in [-0.25, -0.2) is 4.98 Å². The molecule has 88 valence electrons. The van der Waals surface area contributed by atoms with Gasteiger partial charge in [0.05, 0.1) is 6.10 Å². The number of nitrogens with zero attached hydrogens (tertiary/aromatic N) is 2. The van der Waals surface area contributed by atoms with Crippen molar-refractivity contribution in [3.63, 3.8) is 0 Å². The Morgan fingerprint density at radius 3 is 2.94 bits per heavy atom. The summed E-state index contributed by atoms with van der Waals surface area (Å²) in [5.41, 5.74) is 5.60. The highest BCUT2D eigenvalue weighted by atomic mass is 79.9. The average Bonchev–Trinajstić information content (AvgIpc) is 2.60. The van der Waals surface area contributed by atoms with Gasteiger partial charge in [0.1, 0.15) is 10.4 Å². The van der Waals surface area contributed by atoms with E-state index >= 15 is 0 Å². The molecule has 0 aromatic carbocycles. The quantitative estimate of drug-likeness (QED) is 0.732. The lowest BCUT2D eigenvalue weighted by Gasteiger charge is -2.11. The topological polar surface area (TPSA) is 84.1 Å². The molecule has 5 nitrogen and oxygen atoms in total. The van der Waals surface area contributed by atoms with E-state index in [4.69, 9.17) is 5.73 Å². The fraction of sp³-hybridized carbons (Fsp3) is 0.600. The second kappa shape index (κ2) is 4.97. The smallest absolute Gasteiger partial charge is 0.225 e. The first-order chi connectivity index (χ1) is 7.63. The highest BCUT2D eigenvalue weighted by Gasteiger charge is 2.22. The summed E-state index contributed by atoms with van der Waals surface area (Å²) in [6, 6.07) is 1.66. The van der Waals surface area contributed by atoms with Crippen LogP contribution in [0.25, 0.3) is 0 Å². The number of nitrogen functional groups attached to an aromatic ring is 1. The van der Waals surface area contributed by atoms with Crippen LogP contribution < -0.4 is 11.1 Å². The lowest BCUT2D eigenvalue weighted by molar-refractivity contribution is 0.178. The van der Waals surface area contributed by atoms with Crippen molar-refractivity contribution in [1.29, 1.82) is 0 Å². The summed E-state index contributed by atoms with van der Waals surface area (Å²) in [4.78, 5) is 8.24. The van der Waals surface area contributed by atoms with Gasteiger partial charge in [0, 0.05) is 12.6 Å². The molecule has 1 aliphatic carbocycles. The van der Waals surface area contributed by atoms with Gasteiger partial charge in [0.2, 0.25) is 5.95 Å². The zero-order valence-corrected chi connectivity index (χ0v) is 10.4. The number of aliphatic hydroxyl groups is 1. The third-order valence-electron chi connectivity index (χ3n) is 2.78. The summed E-state index contributed by atoms with van der Waals surface area (Å²) < 4.78 is 0.675. The molecule has 2 atom stereocenters. The van der Waals surface area contributed by atoms with Crippen molar-refractivity contribution in [2.24, 2.45) is 5.92 Å². The normalized spacial score (nSPS) is 24.6. The SMILES string of the molecule is Nc1cc(Br)nc(NCC2CCC(O)C2)n1. The summed E-state index contributed by atoms with van der Waals surface area (Å²) in [6.07, 6.45) is 2.67. The number of anilines is 2. The largest absolute Gasteiger partial charge is 0.393 e. The van der Waals surface area contributed by atoms with Gasteiger partial charge in [0.25, 0.3) is 0 Å². The monoisotopic (exact) mass is 286 g/mol. The minimum atomic E-state index is -0.139. The van der Waals surface area contributed by atoms with Crippen molar-refractivity contribution >= 4 is 27.7 Å². The molecule has 0 spiro atoms. The van der Waals surface area contributed by atoms with Crippen molar-refractivity contribution in [2.45, 2.75) is 25.4 Å². The molecule has 0 saturated heterocycles. The minimum absolute atomic E-state index is 0.139. The molecule has 0 bridgehead atoms. The van der Waals surface area contributed by atoms with Crippen molar-refractivity contribution in [1.82, 2.24) is 9.97 Å². The molecule has 0 amide bonds. The molecule has 1 saturated carbocycles. The summed E-state index contributed by atoms with van der Waals surface area (Å²) in [5, 5.41) is 12.5. The van der Waals surface area contributed by atoms with Crippen molar-refractivity contribution in [3.8, 4) is 0 Å². The van der Waals surface area contributed by atoms with Crippen LogP contribution >= 0.6 is 15.9 Å². The molecule has 6 heteroatoms. The number of rotatable bonds is 3. The van der Waals surface area contributed by atoms with Crippen LogP contribution in [0.4, 0.5) is 11.8 Å². The third kappa shape index (κ3) is 3.05. The van der Waals surface area contributed by atoms with Crippen LogP contribution in [-0.4, -0.2) is 27.7 Å². The van der Waals surface area contributed by atoms with Crippen LogP contribution in [0.5, 0.6) is 0 Å². The summed E-state index contributed by atoms with van der Waals surface area (Å²) >= 11 is 3.26. The maximum atomic E-state index is 9.40. The predicted octanol–water partition coefficient (Wildman–Crippen LogP) is 1.39. The molecule has 1 fully saturated rings. The standard InChI is InChI=1S/C10H15BrN4O/c11-8-4-9(12)15-10(14-8)13-5-6-1-2-7(16)3-6/h4,6-7,16H,1-3,5H2,(H3,12,13,14,15). The Morgan fingerprint density at radius 2 is 2.31 bits per heavy atom. The van der Waals surface area contributed by atoms with Gasteiger partial charge in [-0.15, -0.1) is 0 Å². The van der Waals surface area contributed by atoms with Crippen LogP contribution in [0, 0.1) is 5.92 Å². The van der Waals surface area contributed by atoms with Crippen molar-refractivity contribution in [3.05, 3.63) is 10.7 Å². The molecule has 1 aromatic heterocycles. The van der Waals surface area contributed by atoms with Gasteiger partial charge in [0.15, 0.2) is 0 Å². The molecule has 0 aliphatic heterocycles. The average molecular weight is 287 g/mol. The molecule has 1 aromatic rings.